The first-order valence-corrected chi connectivity index (χ1v) is 18.1. The van der Waals surface area contributed by atoms with Gasteiger partial charge in [-0.1, -0.05) is 121 Å². The maximum Gasteiger partial charge on any atom is 0.125 e. The summed E-state index contributed by atoms with van der Waals surface area (Å²) in [5.74, 6) is 0. The molecule has 238 valence electrons. The SMILES string of the molecule is c1ccc(-n2c3c(c4ccccc42)-c2ccccc2N(c2ccc(-c4c5ccccc5nc5sc6ccccc6c45)cc2)c2ccccc2-3)cc1. The first kappa shape index (κ1) is 28.4. The summed E-state index contributed by atoms with van der Waals surface area (Å²) in [6.45, 7) is 0. The summed E-state index contributed by atoms with van der Waals surface area (Å²) in [6.07, 6.45) is 0. The third-order valence-corrected chi connectivity index (χ3v) is 11.4. The Morgan fingerprint density at radius 2 is 1.08 bits per heavy atom. The molecule has 10 aromatic rings. The second-order valence-corrected chi connectivity index (χ2v) is 14.1. The van der Waals surface area contributed by atoms with Crippen LogP contribution in [-0.2, 0) is 0 Å². The lowest BCUT2D eigenvalue weighted by Gasteiger charge is -2.27. The van der Waals surface area contributed by atoms with Crippen LogP contribution in [-0.4, -0.2) is 9.55 Å². The highest BCUT2D eigenvalue weighted by Crippen LogP contribution is 2.54. The van der Waals surface area contributed by atoms with Gasteiger partial charge in [0.15, 0.2) is 0 Å². The third-order valence-electron chi connectivity index (χ3n) is 10.3. The molecule has 1 aliphatic rings. The molecule has 0 unspecified atom stereocenters. The van der Waals surface area contributed by atoms with Gasteiger partial charge in [-0.3, -0.25) is 0 Å². The summed E-state index contributed by atoms with van der Waals surface area (Å²) < 4.78 is 3.70. The quantitative estimate of drug-likeness (QED) is 0.187. The van der Waals surface area contributed by atoms with E-state index in [1.54, 1.807) is 11.3 Å². The van der Waals surface area contributed by atoms with Crippen molar-refractivity contribution in [2.24, 2.45) is 0 Å². The van der Waals surface area contributed by atoms with Gasteiger partial charge in [-0.25, -0.2) is 4.98 Å². The van der Waals surface area contributed by atoms with Crippen molar-refractivity contribution in [3.05, 3.63) is 176 Å². The maximum atomic E-state index is 5.13. The highest BCUT2D eigenvalue weighted by molar-refractivity contribution is 7.25. The van der Waals surface area contributed by atoms with Crippen LogP contribution in [0.3, 0.4) is 0 Å². The van der Waals surface area contributed by atoms with Crippen molar-refractivity contribution in [1.29, 1.82) is 0 Å². The maximum absolute atomic E-state index is 5.13. The van der Waals surface area contributed by atoms with Crippen LogP contribution < -0.4 is 4.90 Å². The summed E-state index contributed by atoms with van der Waals surface area (Å²) in [6, 6.07) is 63.7. The minimum Gasteiger partial charge on any atom is -0.309 e. The summed E-state index contributed by atoms with van der Waals surface area (Å²) in [5, 5.41) is 4.90. The molecule has 3 aromatic heterocycles. The van der Waals surface area contributed by atoms with E-state index < -0.39 is 0 Å². The van der Waals surface area contributed by atoms with Crippen molar-refractivity contribution in [2.75, 3.05) is 4.90 Å². The Morgan fingerprint density at radius 3 is 1.90 bits per heavy atom. The van der Waals surface area contributed by atoms with E-state index in [0.29, 0.717) is 0 Å². The molecule has 1 aliphatic heterocycles. The molecule has 0 saturated heterocycles. The van der Waals surface area contributed by atoms with Crippen LogP contribution in [0, 0.1) is 0 Å². The average Bonchev–Trinajstić information content (AvgIpc) is 3.70. The molecule has 0 saturated carbocycles. The molecule has 0 atom stereocenters. The van der Waals surface area contributed by atoms with Crippen LogP contribution in [0.4, 0.5) is 17.1 Å². The van der Waals surface area contributed by atoms with Gasteiger partial charge in [-0.2, -0.15) is 0 Å². The Labute approximate surface area is 298 Å². The minimum atomic E-state index is 1.02. The molecule has 0 N–H and O–H groups in total. The van der Waals surface area contributed by atoms with Gasteiger partial charge in [0, 0.05) is 59.9 Å². The summed E-state index contributed by atoms with van der Waals surface area (Å²) >= 11 is 1.77. The molecule has 0 bridgehead atoms. The van der Waals surface area contributed by atoms with E-state index >= 15 is 0 Å². The predicted octanol–water partition coefficient (Wildman–Crippen LogP) is 13.3. The molecule has 4 heterocycles. The number of benzene rings is 7. The van der Waals surface area contributed by atoms with E-state index in [2.05, 4.69) is 185 Å². The van der Waals surface area contributed by atoms with Crippen LogP contribution in [0.5, 0.6) is 0 Å². The first-order valence-electron chi connectivity index (χ1n) is 17.3. The fraction of sp³-hybridized carbons (Fsp3) is 0. The Morgan fingerprint density at radius 1 is 0.451 bits per heavy atom. The normalized spacial score (nSPS) is 12.3. The fourth-order valence-corrected chi connectivity index (χ4v) is 9.32. The number of para-hydroxylation sites is 5. The second kappa shape index (κ2) is 11.0. The van der Waals surface area contributed by atoms with Gasteiger partial charge < -0.3 is 9.47 Å². The molecular weight excluding hydrogens is 639 g/mol. The Kier molecular flexibility index (Phi) is 6.12. The molecule has 0 radical (unpaired) electrons. The molecular formula is C47H29N3S. The zero-order valence-electron chi connectivity index (χ0n) is 27.5. The van der Waals surface area contributed by atoms with Crippen LogP contribution >= 0.6 is 11.3 Å². The van der Waals surface area contributed by atoms with Gasteiger partial charge in [0.05, 0.1) is 28.1 Å². The highest BCUT2D eigenvalue weighted by atomic mass is 32.1. The number of hydrogen-bond donors (Lipinski definition) is 0. The number of hydrogen-bond acceptors (Lipinski definition) is 3. The van der Waals surface area contributed by atoms with E-state index in [1.807, 2.05) is 0 Å². The predicted molar refractivity (Wildman–Crippen MR) is 216 cm³/mol. The zero-order chi connectivity index (χ0) is 33.5. The lowest BCUT2D eigenvalue weighted by Crippen LogP contribution is -2.11. The smallest absolute Gasteiger partial charge is 0.125 e. The molecule has 0 fully saturated rings. The second-order valence-electron chi connectivity index (χ2n) is 13.1. The number of fused-ring (bicyclic) bond motifs is 11. The van der Waals surface area contributed by atoms with Gasteiger partial charge >= 0.3 is 0 Å². The molecule has 0 spiro atoms. The number of pyridine rings is 1. The van der Waals surface area contributed by atoms with E-state index in [4.69, 9.17) is 4.98 Å². The monoisotopic (exact) mass is 667 g/mol. The number of anilines is 3. The fourth-order valence-electron chi connectivity index (χ4n) is 8.23. The molecule has 4 heteroatoms. The van der Waals surface area contributed by atoms with Crippen molar-refractivity contribution in [1.82, 2.24) is 9.55 Å². The number of nitrogens with zero attached hydrogens (tertiary/aromatic N) is 3. The molecule has 0 amide bonds. The Balaban J connectivity index is 1.16. The van der Waals surface area contributed by atoms with Crippen LogP contribution in [0.25, 0.3) is 81.3 Å². The number of rotatable bonds is 3. The molecule has 11 rings (SSSR count). The largest absolute Gasteiger partial charge is 0.309 e. The first-order chi connectivity index (χ1) is 25.3. The Bertz CT molecular complexity index is 2970. The van der Waals surface area contributed by atoms with Crippen molar-refractivity contribution < 1.29 is 0 Å². The van der Waals surface area contributed by atoms with Crippen LogP contribution in [0.1, 0.15) is 0 Å². The van der Waals surface area contributed by atoms with E-state index in [0.717, 1.165) is 33.1 Å². The lowest BCUT2D eigenvalue weighted by molar-refractivity contribution is 1.13. The topological polar surface area (TPSA) is 21.1 Å². The zero-order valence-corrected chi connectivity index (χ0v) is 28.3. The van der Waals surface area contributed by atoms with Gasteiger partial charge in [0.1, 0.15) is 4.83 Å². The van der Waals surface area contributed by atoms with Crippen molar-refractivity contribution in [2.45, 2.75) is 0 Å². The molecule has 0 aliphatic carbocycles. The molecule has 51 heavy (non-hydrogen) atoms. The Hall–Kier alpha value is -6.49. The van der Waals surface area contributed by atoms with Crippen LogP contribution in [0.15, 0.2) is 176 Å². The van der Waals surface area contributed by atoms with Crippen molar-refractivity contribution in [3.8, 4) is 39.2 Å². The standard InChI is InChI=1S/C47H29N3S/c1-2-14-31(15-3-1)50-40-23-11-6-18-35(40)44-34-17-5-10-22-39(34)49(41-24-12-7-19-36(41)46(44)50)32-28-26-30(27-29-32)43-33-16-4-9-21-38(33)48-47-45(43)37-20-8-13-25-42(37)51-47/h1-29H. The van der Waals surface area contributed by atoms with Gasteiger partial charge in [0.2, 0.25) is 0 Å². The average molecular weight is 668 g/mol. The molecule has 3 nitrogen and oxygen atoms in total. The summed E-state index contributed by atoms with van der Waals surface area (Å²) in [5.41, 5.74) is 14.1. The lowest BCUT2D eigenvalue weighted by atomic mass is 9.96. The van der Waals surface area contributed by atoms with Crippen molar-refractivity contribution >= 4 is 70.5 Å². The highest BCUT2D eigenvalue weighted by Gasteiger charge is 2.31. The van der Waals surface area contributed by atoms with Crippen molar-refractivity contribution in [3.63, 3.8) is 0 Å². The van der Waals surface area contributed by atoms with Crippen LogP contribution in [0.2, 0.25) is 0 Å². The van der Waals surface area contributed by atoms with Gasteiger partial charge in [0.25, 0.3) is 0 Å². The molecule has 7 aromatic carbocycles. The third kappa shape index (κ3) is 4.14. The number of thiophene rings is 1. The summed E-state index contributed by atoms with van der Waals surface area (Å²) in [4.78, 5) is 8.65. The number of aromatic nitrogens is 2. The van der Waals surface area contributed by atoms with Gasteiger partial charge in [-0.05, 0) is 60.2 Å². The van der Waals surface area contributed by atoms with E-state index in [1.165, 1.54) is 65.3 Å². The summed E-state index contributed by atoms with van der Waals surface area (Å²) in [7, 11) is 0. The van der Waals surface area contributed by atoms with E-state index in [9.17, 15) is 0 Å². The van der Waals surface area contributed by atoms with E-state index in [-0.39, 0.29) is 0 Å². The van der Waals surface area contributed by atoms with Gasteiger partial charge in [-0.15, -0.1) is 11.3 Å². The minimum absolute atomic E-state index is 1.02.